The lowest BCUT2D eigenvalue weighted by Gasteiger charge is -2.08. The van der Waals surface area contributed by atoms with Crippen molar-refractivity contribution >= 4 is 11.5 Å². The van der Waals surface area contributed by atoms with Crippen LogP contribution in [0.25, 0.3) is 16.8 Å². The maximum absolute atomic E-state index is 6.04. The smallest absolute Gasteiger partial charge is 0.165 e. The fraction of sp³-hybridized carbons (Fsp3) is 0.250. The van der Waals surface area contributed by atoms with Gasteiger partial charge in [0.15, 0.2) is 5.65 Å². The second kappa shape index (κ2) is 4.77. The summed E-state index contributed by atoms with van der Waals surface area (Å²) in [6, 6.07) is 7.82. The molecule has 0 aliphatic rings. The highest BCUT2D eigenvalue weighted by Gasteiger charge is 2.16. The van der Waals surface area contributed by atoms with Gasteiger partial charge in [-0.25, -0.2) is 4.98 Å². The molecule has 3 rings (SSSR count). The van der Waals surface area contributed by atoms with E-state index in [9.17, 15) is 0 Å². The van der Waals surface area contributed by atoms with Crippen LogP contribution in [-0.4, -0.2) is 21.7 Å². The molecule has 0 aliphatic heterocycles. The van der Waals surface area contributed by atoms with Crippen LogP contribution in [0.2, 0.25) is 0 Å². The second-order valence-corrected chi connectivity index (χ2v) is 5.20. The molecule has 1 aromatic carbocycles. The number of hydrogen-bond donors (Lipinski definition) is 1. The summed E-state index contributed by atoms with van der Waals surface area (Å²) in [6.45, 7) is 5.96. The van der Waals surface area contributed by atoms with Crippen molar-refractivity contribution in [2.45, 2.75) is 20.8 Å². The number of nitrogens with two attached hydrogens (primary N) is 1. The van der Waals surface area contributed by atoms with Gasteiger partial charge in [0, 0.05) is 17.3 Å². The van der Waals surface area contributed by atoms with Gasteiger partial charge in [-0.1, -0.05) is 6.07 Å². The lowest BCUT2D eigenvalue weighted by atomic mass is 10.0. The topological polar surface area (TPSA) is 65.4 Å². The highest BCUT2D eigenvalue weighted by atomic mass is 16.5. The number of fused-ring (bicyclic) bond motifs is 1. The first-order chi connectivity index (χ1) is 10.0. The van der Waals surface area contributed by atoms with Crippen molar-refractivity contribution in [2.24, 2.45) is 0 Å². The monoisotopic (exact) mass is 282 g/mol. The van der Waals surface area contributed by atoms with Gasteiger partial charge in [-0.05, 0) is 44.0 Å². The van der Waals surface area contributed by atoms with Crippen molar-refractivity contribution in [3.8, 4) is 16.9 Å². The summed E-state index contributed by atoms with van der Waals surface area (Å²) < 4.78 is 6.96. The van der Waals surface area contributed by atoms with E-state index in [1.807, 2.05) is 38.1 Å². The molecule has 0 bridgehead atoms. The van der Waals surface area contributed by atoms with Gasteiger partial charge in [-0.15, -0.1) is 0 Å². The van der Waals surface area contributed by atoms with E-state index in [-0.39, 0.29) is 0 Å². The van der Waals surface area contributed by atoms with Gasteiger partial charge in [-0.2, -0.15) is 9.61 Å². The molecule has 0 saturated heterocycles. The zero-order chi connectivity index (χ0) is 15.1. The van der Waals surface area contributed by atoms with Crippen molar-refractivity contribution in [1.29, 1.82) is 0 Å². The van der Waals surface area contributed by atoms with Crippen LogP contribution in [0.15, 0.2) is 24.3 Å². The lowest BCUT2D eigenvalue weighted by molar-refractivity contribution is 0.414. The van der Waals surface area contributed by atoms with Crippen LogP contribution in [0, 0.1) is 20.8 Å². The Morgan fingerprint density at radius 2 is 1.90 bits per heavy atom. The Hall–Kier alpha value is -2.56. The number of methoxy groups -OCH3 is 1. The number of ether oxygens (including phenoxy) is 1. The number of aryl methyl sites for hydroxylation is 3. The van der Waals surface area contributed by atoms with Crippen molar-refractivity contribution in [1.82, 2.24) is 14.6 Å². The maximum Gasteiger partial charge on any atom is 0.165 e. The quantitative estimate of drug-likeness (QED) is 0.785. The number of nitrogens with zero attached hydrogens (tertiary/aromatic N) is 3. The van der Waals surface area contributed by atoms with E-state index in [4.69, 9.17) is 10.5 Å². The van der Waals surface area contributed by atoms with E-state index in [1.54, 1.807) is 11.6 Å². The van der Waals surface area contributed by atoms with Crippen LogP contribution in [0.1, 0.15) is 17.0 Å². The first-order valence-corrected chi connectivity index (χ1v) is 6.78. The van der Waals surface area contributed by atoms with Crippen LogP contribution >= 0.6 is 0 Å². The predicted octanol–water partition coefficient (Wildman–Crippen LogP) is 2.91. The van der Waals surface area contributed by atoms with Crippen molar-refractivity contribution in [3.63, 3.8) is 0 Å². The Kier molecular flexibility index (Phi) is 3.05. The van der Waals surface area contributed by atoms with Gasteiger partial charge in [0.2, 0.25) is 0 Å². The highest BCUT2D eigenvalue weighted by molar-refractivity contribution is 5.83. The third-order valence-electron chi connectivity index (χ3n) is 3.62. The van der Waals surface area contributed by atoms with Gasteiger partial charge >= 0.3 is 0 Å². The SMILES string of the molecule is COc1ccc(-c2c(C)nn3c(N)cc(C)nc23)c(C)c1. The van der Waals surface area contributed by atoms with E-state index in [2.05, 4.69) is 17.0 Å². The molecule has 2 aromatic heterocycles. The second-order valence-electron chi connectivity index (χ2n) is 5.20. The third kappa shape index (κ3) is 2.11. The Morgan fingerprint density at radius 3 is 2.57 bits per heavy atom. The number of benzene rings is 1. The van der Waals surface area contributed by atoms with Crippen LogP contribution in [-0.2, 0) is 0 Å². The molecule has 0 radical (unpaired) electrons. The van der Waals surface area contributed by atoms with Gasteiger partial charge in [0.05, 0.1) is 12.8 Å². The minimum Gasteiger partial charge on any atom is -0.497 e. The van der Waals surface area contributed by atoms with Gasteiger partial charge in [0.25, 0.3) is 0 Å². The molecular weight excluding hydrogens is 264 g/mol. The highest BCUT2D eigenvalue weighted by Crippen LogP contribution is 2.32. The number of anilines is 1. The van der Waals surface area contributed by atoms with Gasteiger partial charge in [0.1, 0.15) is 11.6 Å². The van der Waals surface area contributed by atoms with Crippen molar-refractivity contribution < 1.29 is 4.74 Å². The van der Waals surface area contributed by atoms with Crippen molar-refractivity contribution in [2.75, 3.05) is 12.8 Å². The molecule has 0 unspecified atom stereocenters. The molecule has 3 aromatic rings. The summed E-state index contributed by atoms with van der Waals surface area (Å²) in [6.07, 6.45) is 0. The van der Waals surface area contributed by atoms with Crippen LogP contribution in [0.4, 0.5) is 5.82 Å². The molecule has 5 heteroatoms. The number of nitrogen functional groups attached to an aromatic ring is 1. The van der Waals surface area contributed by atoms with Crippen LogP contribution < -0.4 is 10.5 Å². The van der Waals surface area contributed by atoms with E-state index < -0.39 is 0 Å². The summed E-state index contributed by atoms with van der Waals surface area (Å²) >= 11 is 0. The third-order valence-corrected chi connectivity index (χ3v) is 3.62. The number of rotatable bonds is 2. The minimum absolute atomic E-state index is 0.595. The number of hydrogen-bond acceptors (Lipinski definition) is 4. The first kappa shape index (κ1) is 13.4. The summed E-state index contributed by atoms with van der Waals surface area (Å²) in [4.78, 5) is 4.61. The largest absolute Gasteiger partial charge is 0.497 e. The Labute approximate surface area is 123 Å². The Bertz CT molecular complexity index is 836. The normalized spacial score (nSPS) is 11.0. The minimum atomic E-state index is 0.595. The summed E-state index contributed by atoms with van der Waals surface area (Å²) in [7, 11) is 1.67. The number of aromatic nitrogens is 3. The molecule has 0 fully saturated rings. The van der Waals surface area contributed by atoms with E-state index in [0.717, 1.165) is 39.5 Å². The molecule has 2 heterocycles. The summed E-state index contributed by atoms with van der Waals surface area (Å²) in [5, 5.41) is 4.51. The maximum atomic E-state index is 6.04. The predicted molar refractivity (Wildman–Crippen MR) is 83.6 cm³/mol. The average Bonchev–Trinajstić information content (AvgIpc) is 2.75. The molecule has 21 heavy (non-hydrogen) atoms. The standard InChI is InChI=1S/C16H18N4O/c1-9-7-12(21-4)5-6-13(9)15-11(3)19-20-14(17)8-10(2)18-16(15)20/h5-8H,17H2,1-4H3. The van der Waals surface area contributed by atoms with E-state index >= 15 is 0 Å². The van der Waals surface area contributed by atoms with Gasteiger partial charge in [-0.3, -0.25) is 0 Å². The molecule has 0 saturated carbocycles. The molecule has 0 spiro atoms. The molecular formula is C16H18N4O. The molecule has 2 N–H and O–H groups in total. The Morgan fingerprint density at radius 1 is 1.14 bits per heavy atom. The zero-order valence-electron chi connectivity index (χ0n) is 12.6. The fourth-order valence-electron chi connectivity index (χ4n) is 2.63. The van der Waals surface area contributed by atoms with Gasteiger partial charge < -0.3 is 10.5 Å². The average molecular weight is 282 g/mol. The fourth-order valence-corrected chi connectivity index (χ4v) is 2.63. The molecule has 0 atom stereocenters. The molecule has 108 valence electrons. The van der Waals surface area contributed by atoms with E-state index in [1.165, 1.54) is 0 Å². The lowest BCUT2D eigenvalue weighted by Crippen LogP contribution is -2.01. The Balaban J connectivity index is 2.32. The first-order valence-electron chi connectivity index (χ1n) is 6.78. The van der Waals surface area contributed by atoms with Crippen LogP contribution in [0.5, 0.6) is 5.75 Å². The molecule has 0 aliphatic carbocycles. The molecule has 0 amide bonds. The summed E-state index contributed by atoms with van der Waals surface area (Å²) in [5.74, 6) is 1.44. The van der Waals surface area contributed by atoms with E-state index in [0.29, 0.717) is 5.82 Å². The molecule has 5 nitrogen and oxygen atoms in total. The summed E-state index contributed by atoms with van der Waals surface area (Å²) in [5.41, 5.74) is 11.9. The zero-order valence-corrected chi connectivity index (χ0v) is 12.6. The van der Waals surface area contributed by atoms with Crippen LogP contribution in [0.3, 0.4) is 0 Å². The van der Waals surface area contributed by atoms with Crippen molar-refractivity contribution in [3.05, 3.63) is 41.2 Å².